The van der Waals surface area contributed by atoms with Gasteiger partial charge < -0.3 is 30.3 Å². The van der Waals surface area contributed by atoms with E-state index < -0.39 is 50.6 Å². The lowest BCUT2D eigenvalue weighted by Gasteiger charge is -2.19. The molecule has 0 heterocycles. The van der Waals surface area contributed by atoms with Crippen molar-refractivity contribution in [3.8, 4) is 0 Å². The smallest absolute Gasteiger partial charge is 0.462 e. The first-order valence-electron chi connectivity index (χ1n) is 20.4. The summed E-state index contributed by atoms with van der Waals surface area (Å²) < 4.78 is 32.6. The van der Waals surface area contributed by atoms with Crippen molar-refractivity contribution in [2.45, 2.75) is 173 Å². The molecule has 0 aromatic carbocycles. The van der Waals surface area contributed by atoms with Crippen LogP contribution in [0.15, 0.2) is 24.3 Å². The van der Waals surface area contributed by atoms with Crippen molar-refractivity contribution in [3.63, 3.8) is 0 Å². The molecule has 0 radical (unpaired) electrons. The molecule has 0 saturated heterocycles. The minimum atomic E-state index is -4.43. The lowest BCUT2D eigenvalue weighted by molar-refractivity contribution is -0.161. The van der Waals surface area contributed by atoms with Crippen LogP contribution in [-0.4, -0.2) is 77.5 Å². The average Bonchev–Trinajstić information content (AvgIpc) is 3.40. The first-order valence-corrected chi connectivity index (χ1v) is 21.9. The predicted octanol–water partition coefficient (Wildman–Crippen LogP) is 7.81. The fourth-order valence-corrected chi connectivity index (χ4v) is 7.09. The third-order valence-electron chi connectivity index (χ3n) is 9.47. The van der Waals surface area contributed by atoms with Crippen LogP contribution in [0.4, 0.5) is 0 Å². The van der Waals surface area contributed by atoms with Crippen LogP contribution in [0.1, 0.15) is 155 Å². The average molecular weight is 774 g/mol. The number of rotatable bonds is 34. The van der Waals surface area contributed by atoms with Gasteiger partial charge in [-0.1, -0.05) is 128 Å². The highest BCUT2D eigenvalue weighted by molar-refractivity contribution is 7.47. The van der Waals surface area contributed by atoms with Gasteiger partial charge in [-0.15, -0.1) is 0 Å². The summed E-state index contributed by atoms with van der Waals surface area (Å²) in [6.07, 6.45) is 24.4. The number of ketones is 1. The zero-order valence-electron chi connectivity index (χ0n) is 32.7. The fourth-order valence-electron chi connectivity index (χ4n) is 6.32. The van der Waals surface area contributed by atoms with Crippen molar-refractivity contribution in [2.75, 3.05) is 26.4 Å². The summed E-state index contributed by atoms with van der Waals surface area (Å²) >= 11 is 0. The van der Waals surface area contributed by atoms with E-state index in [9.17, 15) is 34.1 Å². The molecule has 13 heteroatoms. The number of phosphoric acid groups is 1. The summed E-state index contributed by atoms with van der Waals surface area (Å²) in [7, 11) is -4.43. The molecule has 0 bridgehead atoms. The van der Waals surface area contributed by atoms with Crippen LogP contribution in [-0.2, 0) is 37.5 Å². The number of unbranched alkanes of at least 4 members (excludes halogenated alkanes) is 14. The largest absolute Gasteiger partial charge is 0.472 e. The van der Waals surface area contributed by atoms with Crippen LogP contribution in [0.3, 0.4) is 0 Å². The number of esters is 2. The van der Waals surface area contributed by atoms with Crippen LogP contribution >= 0.6 is 7.82 Å². The molecule has 1 aliphatic rings. The minimum Gasteiger partial charge on any atom is -0.462 e. The summed E-state index contributed by atoms with van der Waals surface area (Å²) in [5.74, 6) is -1.75. The highest BCUT2D eigenvalue weighted by atomic mass is 31.2. The standard InChI is InChI=1S/C40H72NO11P/c1-3-5-7-8-9-10-11-12-13-14-15-21-25-40(46)52-34(32-51-53(47,48)50-29-28-41)31-49-39(45)24-20-17-16-19-23-35-36(38(44)30-37(35)43)27-26-33(42)22-18-6-4-2/h16,19,26-27,33-37,42-43H,3-15,17-18,20-25,28-32,41H2,1-2H3,(H,47,48)/b19-16-,27-26+/t33-,34+,35+,36+,37-/m0/s1. The first-order chi connectivity index (χ1) is 25.5. The molecule has 0 spiro atoms. The van der Waals surface area contributed by atoms with Gasteiger partial charge in [0.05, 0.1) is 25.4 Å². The number of nitrogens with two attached hydrogens (primary N) is 1. The zero-order valence-corrected chi connectivity index (χ0v) is 33.6. The number of hydrogen-bond donors (Lipinski definition) is 4. The van der Waals surface area contributed by atoms with Crippen molar-refractivity contribution in [1.82, 2.24) is 0 Å². The predicted molar refractivity (Wildman–Crippen MR) is 207 cm³/mol. The lowest BCUT2D eigenvalue weighted by atomic mass is 9.90. The molecule has 53 heavy (non-hydrogen) atoms. The van der Waals surface area contributed by atoms with Gasteiger partial charge in [-0.3, -0.25) is 23.4 Å². The summed E-state index contributed by atoms with van der Waals surface area (Å²) in [5, 5.41) is 20.7. The molecule has 0 aliphatic heterocycles. The van der Waals surface area contributed by atoms with Gasteiger partial charge in [0.2, 0.25) is 0 Å². The van der Waals surface area contributed by atoms with Gasteiger partial charge in [-0.25, -0.2) is 4.57 Å². The number of carbonyl (C=O) groups is 3. The van der Waals surface area contributed by atoms with E-state index >= 15 is 0 Å². The number of aliphatic hydroxyl groups is 2. The van der Waals surface area contributed by atoms with E-state index in [-0.39, 0.29) is 50.7 Å². The van der Waals surface area contributed by atoms with Crippen molar-refractivity contribution in [1.29, 1.82) is 0 Å². The SMILES string of the molecule is CCCCCCCCCCCCCCC(=O)O[C@H](COC(=O)CCC/C=C\C[C@H]1[C@@H](O)CC(=O)[C@@H]1/C=C/[C@@H](O)CCCCC)COP(=O)(O)OCCN. The van der Waals surface area contributed by atoms with Gasteiger partial charge >= 0.3 is 19.8 Å². The van der Waals surface area contributed by atoms with E-state index in [2.05, 4.69) is 13.8 Å². The zero-order chi connectivity index (χ0) is 39.2. The Bertz CT molecular complexity index is 1080. The quantitative estimate of drug-likeness (QED) is 0.0215. The molecule has 6 atom stereocenters. The van der Waals surface area contributed by atoms with Gasteiger partial charge in [0, 0.05) is 37.6 Å². The summed E-state index contributed by atoms with van der Waals surface area (Å²) in [4.78, 5) is 47.4. The second-order valence-corrected chi connectivity index (χ2v) is 15.7. The lowest BCUT2D eigenvalue weighted by Crippen LogP contribution is -2.29. The monoisotopic (exact) mass is 773 g/mol. The van der Waals surface area contributed by atoms with Crippen LogP contribution in [0.2, 0.25) is 0 Å². The Kier molecular flexibility index (Phi) is 29.0. The van der Waals surface area contributed by atoms with Crippen molar-refractivity contribution < 1.29 is 52.6 Å². The molecule has 0 aromatic rings. The molecule has 1 fully saturated rings. The fraction of sp³-hybridized carbons (Fsp3) is 0.825. The molecule has 1 rings (SSSR count). The molecule has 0 amide bonds. The van der Waals surface area contributed by atoms with E-state index in [1.54, 1.807) is 12.2 Å². The van der Waals surface area contributed by atoms with Crippen LogP contribution in [0.25, 0.3) is 0 Å². The molecule has 0 aromatic heterocycles. The highest BCUT2D eigenvalue weighted by Gasteiger charge is 2.39. The number of hydrogen-bond acceptors (Lipinski definition) is 11. The number of carbonyl (C=O) groups excluding carboxylic acids is 3. The van der Waals surface area contributed by atoms with E-state index in [1.807, 2.05) is 12.2 Å². The highest BCUT2D eigenvalue weighted by Crippen LogP contribution is 2.43. The Morgan fingerprint density at radius 2 is 1.45 bits per heavy atom. The van der Waals surface area contributed by atoms with Crippen LogP contribution < -0.4 is 5.73 Å². The number of phosphoric ester groups is 1. The summed E-state index contributed by atoms with van der Waals surface area (Å²) in [6, 6.07) is 0. The normalized spacial score (nSPS) is 19.9. The van der Waals surface area contributed by atoms with Gasteiger partial charge in [0.1, 0.15) is 12.4 Å². The van der Waals surface area contributed by atoms with Gasteiger partial charge in [-0.2, -0.15) is 0 Å². The van der Waals surface area contributed by atoms with Crippen LogP contribution in [0, 0.1) is 11.8 Å². The minimum absolute atomic E-state index is 0.0164. The number of Topliss-reactive ketones (excluding diaryl/α,β-unsaturated/α-hetero) is 1. The number of aliphatic hydroxyl groups excluding tert-OH is 2. The van der Waals surface area contributed by atoms with Gasteiger partial charge in [-0.05, 0) is 32.1 Å². The molecule has 5 N–H and O–H groups in total. The van der Waals surface area contributed by atoms with E-state index in [0.29, 0.717) is 32.1 Å². The number of allylic oxidation sites excluding steroid dienone is 3. The third kappa shape index (κ3) is 25.7. The maximum absolute atomic E-state index is 12.6. The van der Waals surface area contributed by atoms with Crippen molar-refractivity contribution in [2.24, 2.45) is 17.6 Å². The Morgan fingerprint density at radius 3 is 2.09 bits per heavy atom. The van der Waals surface area contributed by atoms with E-state index in [0.717, 1.165) is 38.5 Å². The second kappa shape index (κ2) is 31.3. The Labute approximate surface area is 319 Å². The maximum atomic E-state index is 12.6. The first kappa shape index (κ1) is 49.1. The molecule has 1 unspecified atom stereocenters. The summed E-state index contributed by atoms with van der Waals surface area (Å²) in [6.45, 7) is 3.31. The molecular formula is C40H72NO11P. The Morgan fingerprint density at radius 1 is 0.849 bits per heavy atom. The molecular weight excluding hydrogens is 701 g/mol. The van der Waals surface area contributed by atoms with Gasteiger partial charge in [0.25, 0.3) is 0 Å². The maximum Gasteiger partial charge on any atom is 0.472 e. The third-order valence-corrected chi connectivity index (χ3v) is 10.5. The van der Waals surface area contributed by atoms with Crippen LogP contribution in [0.5, 0.6) is 0 Å². The Hall–Kier alpha value is -1.92. The Balaban J connectivity index is 2.45. The van der Waals surface area contributed by atoms with Gasteiger partial charge in [0.15, 0.2) is 6.10 Å². The molecule has 12 nitrogen and oxygen atoms in total. The van der Waals surface area contributed by atoms with E-state index in [1.165, 1.54) is 51.4 Å². The topological polar surface area (TPSA) is 192 Å². The second-order valence-electron chi connectivity index (χ2n) is 14.3. The van der Waals surface area contributed by atoms with E-state index in [4.69, 9.17) is 24.3 Å². The molecule has 1 saturated carbocycles. The number of ether oxygens (including phenoxy) is 2. The molecule has 1 aliphatic carbocycles. The summed E-state index contributed by atoms with van der Waals surface area (Å²) in [5.41, 5.74) is 5.33. The molecule has 308 valence electrons. The van der Waals surface area contributed by atoms with Crippen molar-refractivity contribution in [3.05, 3.63) is 24.3 Å². The van der Waals surface area contributed by atoms with Crippen molar-refractivity contribution >= 4 is 25.5 Å².